The van der Waals surface area contributed by atoms with E-state index in [0.717, 1.165) is 32.2 Å². The highest BCUT2D eigenvalue weighted by Crippen LogP contribution is 2.41. The zero-order valence-electron chi connectivity index (χ0n) is 23.8. The summed E-state index contributed by atoms with van der Waals surface area (Å²) in [6.07, 6.45) is 1.41. The minimum absolute atomic E-state index is 0.156. The van der Waals surface area contributed by atoms with E-state index >= 15 is 0 Å². The van der Waals surface area contributed by atoms with E-state index in [9.17, 15) is 14.4 Å². The molecule has 8 heteroatoms. The molecule has 0 radical (unpaired) electrons. The Balaban J connectivity index is 0.00000129. The Labute approximate surface area is 250 Å². The maximum absolute atomic E-state index is 12.9. The van der Waals surface area contributed by atoms with Gasteiger partial charge in [-0.25, -0.2) is 9.79 Å². The molecule has 1 aliphatic heterocycles. The zero-order chi connectivity index (χ0) is 29.9. The fourth-order valence-corrected chi connectivity index (χ4v) is 5.11. The third-order valence-corrected chi connectivity index (χ3v) is 7.15. The summed E-state index contributed by atoms with van der Waals surface area (Å²) < 4.78 is 5.10. The first-order valence-corrected chi connectivity index (χ1v) is 14.7. The molecule has 214 valence electrons. The van der Waals surface area contributed by atoms with Gasteiger partial charge in [0.05, 0.1) is 30.0 Å². The molecule has 0 unspecified atom stereocenters. The van der Waals surface area contributed by atoms with Gasteiger partial charge in [0, 0.05) is 26.5 Å². The van der Waals surface area contributed by atoms with Crippen molar-refractivity contribution in [2.75, 3.05) is 6.61 Å². The Morgan fingerprint density at radius 3 is 2.14 bits per heavy atom. The summed E-state index contributed by atoms with van der Waals surface area (Å²) in [6.45, 7) is 6.33. The smallest absolute Gasteiger partial charge is 0.338 e. The third kappa shape index (κ3) is 7.73. The second-order valence-electron chi connectivity index (χ2n) is 9.41. The molecule has 0 saturated carbocycles. The number of hydrogen-bond donors (Lipinski definition) is 2. The predicted octanol–water partition coefficient (Wildman–Crippen LogP) is 6.92. The predicted molar refractivity (Wildman–Crippen MR) is 166 cm³/mol. The molecule has 4 aromatic rings. The fraction of sp³-hybridized carbons (Fsp3) is 0.176. The topological polar surface area (TPSA) is 96.9 Å². The molecular weight excluding hydrogens is 546 g/mol. The number of carbonyl (C=O) groups is 3. The van der Waals surface area contributed by atoms with Crippen molar-refractivity contribution in [2.45, 2.75) is 43.4 Å². The minimum atomic E-state index is -0.443. The van der Waals surface area contributed by atoms with Crippen LogP contribution in [0.3, 0.4) is 0 Å². The standard InChI is InChI=1S/C31H25N3O4S.C3H8/c1-2-38-31(37)22-14-12-21(13-15-22)29-24-10-6-7-11-26(24)39-27-17-16-23(19-25(27)32-29)30(36)34-33-28(35)18-20-8-4-3-5-9-20;1-3-2/h3-17,19H,2,18H2,1H3,(H,33,35)(H,34,36);3H2,1-2H3. The van der Waals surface area contributed by atoms with Gasteiger partial charge in [0.25, 0.3) is 5.91 Å². The van der Waals surface area contributed by atoms with E-state index in [-0.39, 0.29) is 18.3 Å². The first-order valence-electron chi connectivity index (χ1n) is 13.8. The first kappa shape index (κ1) is 30.3. The number of esters is 1. The lowest BCUT2D eigenvalue weighted by Gasteiger charge is -2.10. The summed E-state index contributed by atoms with van der Waals surface area (Å²) in [5.74, 6) is -1.14. The Morgan fingerprint density at radius 1 is 0.762 bits per heavy atom. The number of hydrogen-bond acceptors (Lipinski definition) is 6. The van der Waals surface area contributed by atoms with Crippen molar-refractivity contribution < 1.29 is 19.1 Å². The van der Waals surface area contributed by atoms with Crippen molar-refractivity contribution in [3.8, 4) is 0 Å². The number of nitrogens with one attached hydrogen (secondary N) is 2. The monoisotopic (exact) mass is 579 g/mol. The molecule has 4 aromatic carbocycles. The van der Waals surface area contributed by atoms with E-state index in [1.807, 2.05) is 72.8 Å². The van der Waals surface area contributed by atoms with Gasteiger partial charge in [-0.2, -0.15) is 0 Å². The summed E-state index contributed by atoms with van der Waals surface area (Å²) in [4.78, 5) is 44.1. The number of rotatable bonds is 6. The van der Waals surface area contributed by atoms with Gasteiger partial charge in [0.1, 0.15) is 0 Å². The number of benzene rings is 4. The highest BCUT2D eigenvalue weighted by atomic mass is 32.2. The number of nitrogens with zero attached hydrogens (tertiary/aromatic N) is 1. The summed E-state index contributed by atoms with van der Waals surface area (Å²) in [7, 11) is 0. The summed E-state index contributed by atoms with van der Waals surface area (Å²) in [5, 5.41) is 0. The zero-order valence-corrected chi connectivity index (χ0v) is 24.7. The molecule has 2 N–H and O–H groups in total. The first-order chi connectivity index (χ1) is 20.4. The molecule has 0 aliphatic carbocycles. The van der Waals surface area contributed by atoms with Crippen molar-refractivity contribution in [3.63, 3.8) is 0 Å². The second kappa shape index (κ2) is 14.8. The van der Waals surface area contributed by atoms with E-state index in [2.05, 4.69) is 24.7 Å². The van der Waals surface area contributed by atoms with Gasteiger partial charge in [0.15, 0.2) is 0 Å². The average Bonchev–Trinajstić information content (AvgIpc) is 3.17. The lowest BCUT2D eigenvalue weighted by atomic mass is 10.0. The number of amides is 2. The van der Waals surface area contributed by atoms with Crippen LogP contribution in [-0.4, -0.2) is 30.1 Å². The van der Waals surface area contributed by atoms with Crippen molar-refractivity contribution >= 4 is 40.9 Å². The molecule has 1 heterocycles. The van der Waals surface area contributed by atoms with Crippen molar-refractivity contribution in [3.05, 3.63) is 125 Å². The molecule has 0 aromatic heterocycles. The highest BCUT2D eigenvalue weighted by Gasteiger charge is 2.20. The van der Waals surface area contributed by atoms with E-state index < -0.39 is 5.91 Å². The second-order valence-corrected chi connectivity index (χ2v) is 10.5. The lowest BCUT2D eigenvalue weighted by Crippen LogP contribution is -2.42. The molecule has 42 heavy (non-hydrogen) atoms. The van der Waals surface area contributed by atoms with Gasteiger partial charge in [0.2, 0.25) is 5.91 Å². The fourth-order valence-electron chi connectivity index (χ4n) is 4.11. The number of fused-ring (bicyclic) bond motifs is 2. The molecular formula is C34H33N3O4S. The SMILES string of the molecule is CCC.CCOC(=O)c1ccc(C2=Nc3cc(C(=O)NNC(=O)Cc4ccccc4)ccc3Sc3ccccc32)cc1. The highest BCUT2D eigenvalue weighted by molar-refractivity contribution is 7.99. The molecule has 0 fully saturated rings. The van der Waals surface area contributed by atoms with Gasteiger partial charge in [-0.15, -0.1) is 0 Å². The van der Waals surface area contributed by atoms with Crippen molar-refractivity contribution in [1.82, 2.24) is 10.9 Å². The van der Waals surface area contributed by atoms with Crippen LogP contribution < -0.4 is 10.9 Å². The van der Waals surface area contributed by atoms with Crippen LogP contribution in [0.4, 0.5) is 5.69 Å². The van der Waals surface area contributed by atoms with Gasteiger partial charge < -0.3 is 4.74 Å². The largest absolute Gasteiger partial charge is 0.462 e. The molecule has 2 amide bonds. The molecule has 0 spiro atoms. The number of ether oxygens (including phenoxy) is 1. The summed E-state index contributed by atoms with van der Waals surface area (Å²) >= 11 is 1.57. The Hall–Kier alpha value is -4.69. The number of carbonyl (C=O) groups excluding carboxylic acids is 3. The molecule has 0 saturated heterocycles. The Morgan fingerprint density at radius 2 is 1.43 bits per heavy atom. The number of aliphatic imine (C=N–C) groups is 1. The van der Waals surface area contributed by atoms with Crippen LogP contribution >= 0.6 is 11.8 Å². The van der Waals surface area contributed by atoms with Crippen LogP contribution in [0.5, 0.6) is 0 Å². The van der Waals surface area contributed by atoms with Crippen molar-refractivity contribution in [2.24, 2.45) is 4.99 Å². The van der Waals surface area contributed by atoms with E-state index in [1.54, 1.807) is 43.0 Å². The maximum Gasteiger partial charge on any atom is 0.338 e. The molecule has 0 atom stereocenters. The molecule has 5 rings (SSSR count). The molecule has 1 aliphatic rings. The van der Waals surface area contributed by atoms with Crippen LogP contribution in [0.2, 0.25) is 0 Å². The molecule has 7 nitrogen and oxygen atoms in total. The quantitative estimate of drug-likeness (QED) is 0.168. The Kier molecular flexibility index (Phi) is 10.7. The van der Waals surface area contributed by atoms with Gasteiger partial charge in [-0.1, -0.05) is 92.7 Å². The van der Waals surface area contributed by atoms with Crippen molar-refractivity contribution in [1.29, 1.82) is 0 Å². The van der Waals surface area contributed by atoms with Crippen LogP contribution in [0.15, 0.2) is 112 Å². The van der Waals surface area contributed by atoms with Gasteiger partial charge in [-0.05, 0) is 48.9 Å². The maximum atomic E-state index is 12.9. The van der Waals surface area contributed by atoms with Gasteiger partial charge in [-0.3, -0.25) is 20.4 Å². The van der Waals surface area contributed by atoms with E-state index in [0.29, 0.717) is 23.4 Å². The Bertz CT molecular complexity index is 1580. The van der Waals surface area contributed by atoms with Gasteiger partial charge >= 0.3 is 5.97 Å². The summed E-state index contributed by atoms with van der Waals surface area (Å²) in [5.41, 5.74) is 9.77. The average molecular weight is 580 g/mol. The number of hydrazine groups is 1. The lowest BCUT2D eigenvalue weighted by molar-refractivity contribution is -0.121. The van der Waals surface area contributed by atoms with Crippen LogP contribution in [0.25, 0.3) is 0 Å². The van der Waals surface area contributed by atoms with Crippen LogP contribution in [0, 0.1) is 0 Å². The van der Waals surface area contributed by atoms with Crippen LogP contribution in [0.1, 0.15) is 64.6 Å². The minimum Gasteiger partial charge on any atom is -0.462 e. The third-order valence-electron chi connectivity index (χ3n) is 6.01. The molecule has 0 bridgehead atoms. The van der Waals surface area contributed by atoms with Crippen LogP contribution in [-0.2, 0) is 16.0 Å². The summed E-state index contributed by atoms with van der Waals surface area (Å²) in [6, 6.07) is 29.7. The van der Waals surface area contributed by atoms with E-state index in [4.69, 9.17) is 9.73 Å². The van der Waals surface area contributed by atoms with E-state index in [1.165, 1.54) is 6.42 Å². The normalized spacial score (nSPS) is 11.4.